The minimum Gasteiger partial charge on any atom is -0.379 e. The third-order valence-electron chi connectivity index (χ3n) is 4.89. The predicted octanol–water partition coefficient (Wildman–Crippen LogP) is 2.08. The van der Waals surface area contributed by atoms with Gasteiger partial charge in [0.25, 0.3) is 0 Å². The van der Waals surface area contributed by atoms with Crippen molar-refractivity contribution in [2.24, 2.45) is 11.3 Å². The summed E-state index contributed by atoms with van der Waals surface area (Å²) in [6, 6.07) is 0.570. The number of fused-ring (bicyclic) bond motifs is 1. The third-order valence-corrected chi connectivity index (χ3v) is 4.89. The quantitative estimate of drug-likeness (QED) is 0.830. The highest BCUT2D eigenvalue weighted by atomic mass is 16.5. The van der Waals surface area contributed by atoms with Gasteiger partial charge in [-0.3, -0.25) is 4.79 Å². The van der Waals surface area contributed by atoms with Gasteiger partial charge in [-0.15, -0.1) is 0 Å². The second kappa shape index (κ2) is 6.44. The van der Waals surface area contributed by atoms with Gasteiger partial charge >= 0.3 is 0 Å². The number of hydrogen-bond donors (Lipinski definition) is 2. The summed E-state index contributed by atoms with van der Waals surface area (Å²) in [6.07, 6.45) is 6.20. The van der Waals surface area contributed by atoms with E-state index in [1.165, 1.54) is 25.7 Å². The zero-order chi connectivity index (χ0) is 14.8. The monoisotopic (exact) mass is 282 g/mol. The van der Waals surface area contributed by atoms with Crippen molar-refractivity contribution in [2.75, 3.05) is 13.7 Å². The van der Waals surface area contributed by atoms with Gasteiger partial charge in [0.2, 0.25) is 5.91 Å². The first-order chi connectivity index (χ1) is 9.41. The second-order valence-electron chi connectivity index (χ2n) is 7.44. The average Bonchev–Trinajstić information content (AvgIpc) is 2.81. The van der Waals surface area contributed by atoms with E-state index in [0.717, 1.165) is 6.42 Å². The van der Waals surface area contributed by atoms with Crippen molar-refractivity contribution in [1.82, 2.24) is 10.6 Å². The Morgan fingerprint density at radius 3 is 2.65 bits per heavy atom. The first kappa shape index (κ1) is 15.8. The van der Waals surface area contributed by atoms with Gasteiger partial charge in [0, 0.05) is 19.7 Å². The number of rotatable bonds is 4. The molecule has 1 aliphatic heterocycles. The number of ether oxygens (including phenoxy) is 1. The number of carbonyl (C=O) groups excluding carboxylic acids is 1. The number of methoxy groups -OCH3 is 1. The number of nitrogens with one attached hydrogen (secondary N) is 2. The fourth-order valence-electron chi connectivity index (χ4n) is 3.58. The molecule has 2 rings (SSSR count). The Morgan fingerprint density at radius 2 is 2.05 bits per heavy atom. The van der Waals surface area contributed by atoms with Gasteiger partial charge in [-0.1, -0.05) is 33.6 Å². The van der Waals surface area contributed by atoms with Gasteiger partial charge < -0.3 is 15.4 Å². The minimum atomic E-state index is 0.000532. The molecule has 0 bridgehead atoms. The van der Waals surface area contributed by atoms with Crippen molar-refractivity contribution >= 4 is 5.91 Å². The van der Waals surface area contributed by atoms with Crippen molar-refractivity contribution in [3.05, 3.63) is 0 Å². The highest BCUT2D eigenvalue weighted by molar-refractivity contribution is 5.82. The summed E-state index contributed by atoms with van der Waals surface area (Å²) in [4.78, 5) is 12.3. The van der Waals surface area contributed by atoms with Gasteiger partial charge in [-0.05, 0) is 30.6 Å². The van der Waals surface area contributed by atoms with Crippen molar-refractivity contribution < 1.29 is 9.53 Å². The molecule has 4 unspecified atom stereocenters. The lowest BCUT2D eigenvalue weighted by Crippen LogP contribution is -2.47. The maximum atomic E-state index is 12.3. The molecular formula is C16H30N2O2. The molecule has 1 amide bonds. The van der Waals surface area contributed by atoms with Crippen LogP contribution in [-0.4, -0.2) is 37.7 Å². The van der Waals surface area contributed by atoms with Crippen molar-refractivity contribution in [1.29, 1.82) is 0 Å². The van der Waals surface area contributed by atoms with Crippen LogP contribution in [0.25, 0.3) is 0 Å². The Morgan fingerprint density at radius 1 is 1.35 bits per heavy atom. The lowest BCUT2D eigenvalue weighted by molar-refractivity contribution is -0.123. The molecule has 4 nitrogen and oxygen atoms in total. The molecule has 1 aliphatic carbocycles. The maximum Gasteiger partial charge on any atom is 0.237 e. The van der Waals surface area contributed by atoms with Crippen molar-refractivity contribution in [3.8, 4) is 0 Å². The molecule has 1 saturated carbocycles. The normalized spacial score (nSPS) is 31.7. The van der Waals surface area contributed by atoms with E-state index in [2.05, 4.69) is 31.4 Å². The van der Waals surface area contributed by atoms with Crippen LogP contribution in [0.4, 0.5) is 0 Å². The highest BCUT2D eigenvalue weighted by Gasteiger charge is 2.38. The molecule has 0 spiro atoms. The third kappa shape index (κ3) is 3.73. The molecule has 1 saturated heterocycles. The summed E-state index contributed by atoms with van der Waals surface area (Å²) in [6.45, 7) is 6.99. The summed E-state index contributed by atoms with van der Waals surface area (Å²) in [5, 5.41) is 6.59. The van der Waals surface area contributed by atoms with E-state index >= 15 is 0 Å². The zero-order valence-corrected chi connectivity index (χ0v) is 13.4. The molecule has 1 heterocycles. The van der Waals surface area contributed by atoms with Crippen LogP contribution in [0.1, 0.15) is 52.9 Å². The Hall–Kier alpha value is -0.610. The molecule has 2 N–H and O–H groups in total. The summed E-state index contributed by atoms with van der Waals surface area (Å²) < 4.78 is 5.49. The molecule has 2 fully saturated rings. The van der Waals surface area contributed by atoms with Gasteiger partial charge in [0.1, 0.15) is 0 Å². The van der Waals surface area contributed by atoms with Crippen LogP contribution in [0.2, 0.25) is 0 Å². The molecule has 2 aliphatic rings. The molecule has 0 radical (unpaired) electrons. The fraction of sp³-hybridized carbons (Fsp3) is 0.938. The van der Waals surface area contributed by atoms with E-state index in [9.17, 15) is 4.79 Å². The van der Waals surface area contributed by atoms with E-state index in [0.29, 0.717) is 18.5 Å². The topological polar surface area (TPSA) is 50.4 Å². The van der Waals surface area contributed by atoms with Gasteiger partial charge in [0.15, 0.2) is 0 Å². The van der Waals surface area contributed by atoms with E-state index in [-0.39, 0.29) is 23.5 Å². The predicted molar refractivity (Wildman–Crippen MR) is 80.5 cm³/mol. The standard InChI is InChI=1S/C16H30N2O2/c1-16(2,3)14(20-4)10-17-15(19)13-9-11-7-5-6-8-12(11)18-13/h11-14,18H,5-10H2,1-4H3,(H,17,19). The van der Waals surface area contributed by atoms with E-state index < -0.39 is 0 Å². The average molecular weight is 282 g/mol. The van der Waals surface area contributed by atoms with Crippen LogP contribution in [0, 0.1) is 11.3 Å². The van der Waals surface area contributed by atoms with Crippen molar-refractivity contribution in [2.45, 2.75) is 71.1 Å². The smallest absolute Gasteiger partial charge is 0.237 e. The maximum absolute atomic E-state index is 12.3. The number of hydrogen-bond acceptors (Lipinski definition) is 3. The second-order valence-corrected chi connectivity index (χ2v) is 7.44. The summed E-state index contributed by atoms with van der Waals surface area (Å²) in [7, 11) is 1.71. The highest BCUT2D eigenvalue weighted by Crippen LogP contribution is 2.33. The lowest BCUT2D eigenvalue weighted by atomic mass is 9.85. The SMILES string of the molecule is COC(CNC(=O)C1CC2CCCCC2N1)C(C)(C)C. The Bertz CT molecular complexity index is 324. The van der Waals surface area contributed by atoms with E-state index in [1.54, 1.807) is 7.11 Å². The molecule has 0 aromatic rings. The zero-order valence-electron chi connectivity index (χ0n) is 13.4. The molecule has 4 atom stereocenters. The molecule has 116 valence electrons. The Kier molecular flexibility index (Phi) is 5.08. The molecule has 0 aromatic heterocycles. The first-order valence-electron chi connectivity index (χ1n) is 7.98. The summed E-state index contributed by atoms with van der Waals surface area (Å²) in [5.41, 5.74) is 0.0408. The molecule has 0 aromatic carbocycles. The van der Waals surface area contributed by atoms with Gasteiger partial charge in [-0.2, -0.15) is 0 Å². The van der Waals surface area contributed by atoms with Crippen LogP contribution in [-0.2, 0) is 9.53 Å². The largest absolute Gasteiger partial charge is 0.379 e. The first-order valence-corrected chi connectivity index (χ1v) is 7.98. The summed E-state index contributed by atoms with van der Waals surface area (Å²) in [5.74, 6) is 0.853. The molecule has 20 heavy (non-hydrogen) atoms. The number of carbonyl (C=O) groups is 1. The van der Waals surface area contributed by atoms with Crippen LogP contribution in [0.5, 0.6) is 0 Å². The lowest BCUT2D eigenvalue weighted by Gasteiger charge is -2.29. The van der Waals surface area contributed by atoms with Crippen LogP contribution in [0.15, 0.2) is 0 Å². The summed E-state index contributed by atoms with van der Waals surface area (Å²) >= 11 is 0. The fourth-order valence-corrected chi connectivity index (χ4v) is 3.58. The van der Waals surface area contributed by atoms with Crippen molar-refractivity contribution in [3.63, 3.8) is 0 Å². The number of amides is 1. The van der Waals surface area contributed by atoms with Crippen LogP contribution < -0.4 is 10.6 Å². The van der Waals surface area contributed by atoms with Gasteiger partial charge in [0.05, 0.1) is 12.1 Å². The molecule has 4 heteroatoms. The molecular weight excluding hydrogens is 252 g/mol. The van der Waals surface area contributed by atoms with E-state index in [4.69, 9.17) is 4.74 Å². The van der Waals surface area contributed by atoms with E-state index in [1.807, 2.05) is 0 Å². The van der Waals surface area contributed by atoms with Crippen LogP contribution >= 0.6 is 0 Å². The Labute approximate surface area is 123 Å². The van der Waals surface area contributed by atoms with Crippen LogP contribution in [0.3, 0.4) is 0 Å². The minimum absolute atomic E-state index is 0.000532. The van der Waals surface area contributed by atoms with Gasteiger partial charge in [-0.25, -0.2) is 0 Å². The Balaban J connectivity index is 1.80.